The van der Waals surface area contributed by atoms with Gasteiger partial charge >= 0.3 is 0 Å². The quantitative estimate of drug-likeness (QED) is 0.546. The van der Waals surface area contributed by atoms with Crippen LogP contribution in [0.1, 0.15) is 23.1 Å². The number of hydrogen-bond acceptors (Lipinski definition) is 0. The van der Waals surface area contributed by atoms with Crippen LogP contribution < -0.4 is 0 Å². The van der Waals surface area contributed by atoms with Gasteiger partial charge in [-0.2, -0.15) is 0 Å². The van der Waals surface area contributed by atoms with Crippen LogP contribution in [0.25, 0.3) is 0 Å². The first kappa shape index (κ1) is 13.5. The fraction of sp³-hybridized carbons (Fsp3) is 0.111. The molecular formula is C18H13Br. The third-order valence-corrected chi connectivity index (χ3v) is 2.86. The summed E-state index contributed by atoms with van der Waals surface area (Å²) in [4.78, 5) is 0. The highest BCUT2D eigenvalue weighted by molar-refractivity contribution is 9.09. The van der Waals surface area contributed by atoms with Crippen LogP contribution in [0.2, 0.25) is 0 Å². The van der Waals surface area contributed by atoms with Gasteiger partial charge in [0.1, 0.15) is 0 Å². The van der Waals surface area contributed by atoms with Gasteiger partial charge in [0.25, 0.3) is 0 Å². The molecule has 0 nitrogen and oxygen atoms in total. The van der Waals surface area contributed by atoms with Crippen molar-refractivity contribution in [3.05, 3.63) is 71.3 Å². The van der Waals surface area contributed by atoms with E-state index >= 15 is 0 Å². The van der Waals surface area contributed by atoms with Crippen LogP contribution in [-0.4, -0.2) is 5.33 Å². The third kappa shape index (κ3) is 4.66. The molecule has 0 spiro atoms. The Morgan fingerprint density at radius 1 is 0.684 bits per heavy atom. The topological polar surface area (TPSA) is 0 Å². The molecule has 0 saturated heterocycles. The van der Waals surface area contributed by atoms with Crippen LogP contribution in [0, 0.1) is 23.7 Å². The average Bonchev–Trinajstić information content (AvgIpc) is 2.48. The molecule has 0 heterocycles. The largest absolute Gasteiger partial charge is 0.0970 e. The highest BCUT2D eigenvalue weighted by Crippen LogP contribution is 2.03. The predicted octanol–water partition coefficient (Wildman–Crippen LogP) is 4.22. The number of hydrogen-bond donors (Lipinski definition) is 0. The molecule has 0 aliphatic carbocycles. The first-order valence-corrected chi connectivity index (χ1v) is 7.22. The van der Waals surface area contributed by atoms with Crippen LogP contribution in [0.15, 0.2) is 54.6 Å². The summed E-state index contributed by atoms with van der Waals surface area (Å²) in [6, 6.07) is 18.0. The molecule has 0 radical (unpaired) electrons. The molecule has 0 aliphatic rings. The molecule has 92 valence electrons. The predicted molar refractivity (Wildman–Crippen MR) is 84.2 cm³/mol. The Morgan fingerprint density at radius 3 is 1.79 bits per heavy atom. The van der Waals surface area contributed by atoms with Gasteiger partial charge in [-0.15, -0.1) is 0 Å². The Bertz CT molecular complexity index is 631. The summed E-state index contributed by atoms with van der Waals surface area (Å²) in [7, 11) is 0. The van der Waals surface area contributed by atoms with Crippen LogP contribution in [0.4, 0.5) is 0 Å². The lowest BCUT2D eigenvalue weighted by molar-refractivity contribution is 1.32. The minimum atomic E-state index is 0.871. The van der Waals surface area contributed by atoms with Crippen molar-refractivity contribution in [3.8, 4) is 23.7 Å². The van der Waals surface area contributed by atoms with Gasteiger partial charge < -0.3 is 0 Å². The SMILES string of the molecule is BrCCC#Cc1ccc(C#Cc2ccccc2)cc1. The fourth-order valence-corrected chi connectivity index (χ4v) is 1.71. The molecule has 0 amide bonds. The third-order valence-electron chi connectivity index (χ3n) is 2.46. The Hall–Kier alpha value is -1.96. The van der Waals surface area contributed by atoms with Crippen LogP contribution in [0.5, 0.6) is 0 Å². The lowest BCUT2D eigenvalue weighted by Gasteiger charge is -1.92. The van der Waals surface area contributed by atoms with Crippen LogP contribution in [0.3, 0.4) is 0 Å². The number of alkyl halides is 1. The molecular weight excluding hydrogens is 296 g/mol. The van der Waals surface area contributed by atoms with Gasteiger partial charge in [0.15, 0.2) is 0 Å². The summed E-state index contributed by atoms with van der Waals surface area (Å²) >= 11 is 3.36. The van der Waals surface area contributed by atoms with E-state index in [0.29, 0.717) is 0 Å². The van der Waals surface area contributed by atoms with Gasteiger partial charge in [0.2, 0.25) is 0 Å². The average molecular weight is 309 g/mol. The Labute approximate surface area is 123 Å². The second-order valence-corrected chi connectivity index (χ2v) is 4.73. The monoisotopic (exact) mass is 308 g/mol. The molecule has 0 aromatic heterocycles. The van der Waals surface area contributed by atoms with E-state index < -0.39 is 0 Å². The summed E-state index contributed by atoms with van der Waals surface area (Å²) in [5.74, 6) is 12.5. The van der Waals surface area contributed by atoms with Gasteiger partial charge in [-0.25, -0.2) is 0 Å². The van der Waals surface area contributed by atoms with Crippen molar-refractivity contribution in [1.29, 1.82) is 0 Å². The molecule has 0 unspecified atom stereocenters. The lowest BCUT2D eigenvalue weighted by atomic mass is 10.1. The molecule has 0 N–H and O–H groups in total. The number of halogens is 1. The maximum Gasteiger partial charge on any atom is 0.0249 e. The van der Waals surface area contributed by atoms with Gasteiger partial charge in [-0.05, 0) is 36.4 Å². The normalized spacial score (nSPS) is 8.89. The second-order valence-electron chi connectivity index (χ2n) is 3.93. The molecule has 0 bridgehead atoms. The standard InChI is InChI=1S/C18H13Br/c19-15-5-4-8-17-10-13-18(14-11-17)12-9-16-6-2-1-3-7-16/h1-3,6-7,10-11,13-14H,5,15H2. The number of rotatable bonds is 1. The van der Waals surface area contributed by atoms with E-state index in [1.54, 1.807) is 0 Å². The summed E-state index contributed by atoms with van der Waals surface area (Å²) < 4.78 is 0. The van der Waals surface area contributed by atoms with Crippen molar-refractivity contribution >= 4 is 15.9 Å². The van der Waals surface area contributed by atoms with Crippen LogP contribution >= 0.6 is 15.9 Å². The molecule has 2 aromatic carbocycles. The first-order chi connectivity index (χ1) is 9.38. The van der Waals surface area contributed by atoms with Crippen molar-refractivity contribution in [3.63, 3.8) is 0 Å². The van der Waals surface area contributed by atoms with E-state index in [9.17, 15) is 0 Å². The van der Waals surface area contributed by atoms with Crippen LogP contribution in [-0.2, 0) is 0 Å². The highest BCUT2D eigenvalue weighted by Gasteiger charge is 1.88. The van der Waals surface area contributed by atoms with E-state index in [1.807, 2.05) is 54.6 Å². The summed E-state index contributed by atoms with van der Waals surface area (Å²) in [5.41, 5.74) is 3.07. The highest BCUT2D eigenvalue weighted by atomic mass is 79.9. The molecule has 0 aliphatic heterocycles. The molecule has 0 fully saturated rings. The van der Waals surface area contributed by atoms with Crippen molar-refractivity contribution in [2.24, 2.45) is 0 Å². The Kier molecular flexibility index (Phi) is 5.30. The fourth-order valence-electron chi connectivity index (χ4n) is 1.51. The van der Waals surface area contributed by atoms with E-state index in [2.05, 4.69) is 39.6 Å². The minimum Gasteiger partial charge on any atom is -0.0970 e. The summed E-state index contributed by atoms with van der Waals surface area (Å²) in [6.45, 7) is 0. The van der Waals surface area contributed by atoms with Gasteiger partial charge in [-0.1, -0.05) is 57.8 Å². The van der Waals surface area contributed by atoms with E-state index in [1.165, 1.54) is 0 Å². The van der Waals surface area contributed by atoms with Gasteiger partial charge in [0.05, 0.1) is 0 Å². The molecule has 19 heavy (non-hydrogen) atoms. The molecule has 1 heteroatoms. The lowest BCUT2D eigenvalue weighted by Crippen LogP contribution is -1.78. The summed E-state index contributed by atoms with van der Waals surface area (Å²) in [5, 5.41) is 0.917. The van der Waals surface area contributed by atoms with Gasteiger partial charge in [-0.3, -0.25) is 0 Å². The zero-order chi connectivity index (χ0) is 13.3. The zero-order valence-corrected chi connectivity index (χ0v) is 12.1. The maximum atomic E-state index is 3.36. The smallest absolute Gasteiger partial charge is 0.0249 e. The molecule has 2 aromatic rings. The molecule has 0 atom stereocenters. The van der Waals surface area contributed by atoms with E-state index in [-0.39, 0.29) is 0 Å². The van der Waals surface area contributed by atoms with E-state index in [4.69, 9.17) is 0 Å². The summed E-state index contributed by atoms with van der Waals surface area (Å²) in [6.07, 6.45) is 0.871. The first-order valence-electron chi connectivity index (χ1n) is 6.10. The molecule has 2 rings (SSSR count). The van der Waals surface area contributed by atoms with Crippen molar-refractivity contribution in [2.75, 3.05) is 5.33 Å². The van der Waals surface area contributed by atoms with E-state index in [0.717, 1.165) is 28.4 Å². The minimum absolute atomic E-state index is 0.871. The van der Waals surface area contributed by atoms with Crippen molar-refractivity contribution < 1.29 is 0 Å². The van der Waals surface area contributed by atoms with Gasteiger partial charge in [0, 0.05) is 28.4 Å². The number of benzene rings is 2. The van der Waals surface area contributed by atoms with Crippen molar-refractivity contribution in [1.82, 2.24) is 0 Å². The molecule has 0 saturated carbocycles. The zero-order valence-electron chi connectivity index (χ0n) is 10.5. The maximum absolute atomic E-state index is 3.36. The van der Waals surface area contributed by atoms with Crippen molar-refractivity contribution in [2.45, 2.75) is 6.42 Å². The second kappa shape index (κ2) is 7.47. The Balaban J connectivity index is 2.08. The Morgan fingerprint density at radius 2 is 1.21 bits per heavy atom.